The molecule has 0 heterocycles. The lowest BCUT2D eigenvalue weighted by molar-refractivity contribution is 0.0402. The van der Waals surface area contributed by atoms with Gasteiger partial charge in [-0.1, -0.05) is 44.2 Å². The van der Waals surface area contributed by atoms with Crippen LogP contribution in [-0.2, 0) is 6.42 Å². The van der Waals surface area contributed by atoms with Gasteiger partial charge in [0.2, 0.25) is 0 Å². The molecule has 0 amide bonds. The number of hydrogen-bond acceptors (Lipinski definition) is 4. The maximum absolute atomic E-state index is 10.0. The average Bonchev–Trinajstić information content (AvgIpc) is 2.35. The molecule has 0 spiro atoms. The Balaban J connectivity index is 2.38. The molecule has 1 aromatic rings. The lowest BCUT2D eigenvalue weighted by atomic mass is 10.0. The summed E-state index contributed by atoms with van der Waals surface area (Å²) in [7, 11) is 0. The van der Waals surface area contributed by atoms with Gasteiger partial charge < -0.3 is 10.8 Å². The van der Waals surface area contributed by atoms with Gasteiger partial charge >= 0.3 is 0 Å². The van der Waals surface area contributed by atoms with Crippen molar-refractivity contribution >= 4 is 0 Å². The van der Waals surface area contributed by atoms with Crippen LogP contribution in [0.2, 0.25) is 0 Å². The molecule has 5 N–H and O–H groups in total. The number of hydrogen-bond donors (Lipinski definition) is 3. The standard InChI is InChI=1S/C14H25N3O/c1-11(2)10-17(16)14(15)13(18)9-8-12-6-4-3-5-7-12/h3-7,11,13-14,18H,8-10,15-16H2,1-2H3/t13-,14-/m0/s1. The van der Waals surface area contributed by atoms with Gasteiger partial charge in [-0.3, -0.25) is 5.84 Å². The van der Waals surface area contributed by atoms with Crippen molar-refractivity contribution in [3.8, 4) is 0 Å². The number of aryl methyl sites for hydroxylation is 1. The van der Waals surface area contributed by atoms with Gasteiger partial charge in [0.25, 0.3) is 0 Å². The Bertz CT molecular complexity index is 329. The largest absolute Gasteiger partial charge is 0.390 e. The first kappa shape index (κ1) is 15.1. The smallest absolute Gasteiger partial charge is 0.0968 e. The molecule has 1 rings (SSSR count). The summed E-state index contributed by atoms with van der Waals surface area (Å²) in [6.45, 7) is 4.83. The maximum atomic E-state index is 10.0. The topological polar surface area (TPSA) is 75.5 Å². The van der Waals surface area contributed by atoms with E-state index in [0.717, 1.165) is 6.42 Å². The molecular formula is C14H25N3O. The zero-order chi connectivity index (χ0) is 13.5. The van der Waals surface area contributed by atoms with Crippen LogP contribution < -0.4 is 11.6 Å². The van der Waals surface area contributed by atoms with Crippen molar-refractivity contribution in [1.82, 2.24) is 5.01 Å². The molecule has 0 radical (unpaired) electrons. The van der Waals surface area contributed by atoms with Crippen molar-refractivity contribution in [2.45, 2.75) is 39.0 Å². The number of nitrogens with zero attached hydrogens (tertiary/aromatic N) is 1. The molecule has 2 atom stereocenters. The summed E-state index contributed by atoms with van der Waals surface area (Å²) >= 11 is 0. The van der Waals surface area contributed by atoms with Crippen LogP contribution in [-0.4, -0.2) is 28.9 Å². The Hall–Kier alpha value is -0.940. The molecule has 0 fully saturated rings. The fraction of sp³-hybridized carbons (Fsp3) is 0.571. The minimum atomic E-state index is -0.603. The number of nitrogens with two attached hydrogens (primary N) is 2. The summed E-state index contributed by atoms with van der Waals surface area (Å²) in [5.41, 5.74) is 7.13. The first-order valence-corrected chi connectivity index (χ1v) is 6.49. The molecule has 0 aliphatic heterocycles. The van der Waals surface area contributed by atoms with E-state index in [2.05, 4.69) is 13.8 Å². The Kier molecular flexibility index (Phi) is 6.29. The summed E-state index contributed by atoms with van der Waals surface area (Å²) in [4.78, 5) is 0. The van der Waals surface area contributed by atoms with Crippen molar-refractivity contribution in [2.75, 3.05) is 6.54 Å². The number of aliphatic hydroxyl groups excluding tert-OH is 1. The molecule has 18 heavy (non-hydrogen) atoms. The van der Waals surface area contributed by atoms with Crippen LogP contribution in [0.3, 0.4) is 0 Å². The Morgan fingerprint density at radius 3 is 2.39 bits per heavy atom. The zero-order valence-electron chi connectivity index (χ0n) is 11.3. The first-order valence-electron chi connectivity index (χ1n) is 6.49. The molecule has 0 aliphatic carbocycles. The molecule has 0 unspecified atom stereocenters. The van der Waals surface area contributed by atoms with E-state index in [1.807, 2.05) is 30.3 Å². The molecule has 102 valence electrons. The van der Waals surface area contributed by atoms with Crippen LogP contribution in [0.5, 0.6) is 0 Å². The number of benzene rings is 1. The second-order valence-electron chi connectivity index (χ2n) is 5.17. The third-order valence-electron chi connectivity index (χ3n) is 2.92. The van der Waals surface area contributed by atoms with Gasteiger partial charge in [-0.05, 0) is 24.3 Å². The van der Waals surface area contributed by atoms with Crippen molar-refractivity contribution in [1.29, 1.82) is 0 Å². The van der Waals surface area contributed by atoms with E-state index in [0.29, 0.717) is 18.9 Å². The molecule has 0 saturated heterocycles. The molecule has 1 aromatic carbocycles. The third kappa shape index (κ3) is 5.14. The minimum absolute atomic E-state index is 0.433. The van der Waals surface area contributed by atoms with Gasteiger partial charge in [-0.25, -0.2) is 5.01 Å². The molecule has 4 nitrogen and oxygen atoms in total. The monoisotopic (exact) mass is 251 g/mol. The van der Waals surface area contributed by atoms with Crippen molar-refractivity contribution in [2.24, 2.45) is 17.5 Å². The second kappa shape index (κ2) is 7.48. The fourth-order valence-electron chi connectivity index (χ4n) is 1.89. The van der Waals surface area contributed by atoms with Gasteiger partial charge in [-0.15, -0.1) is 0 Å². The highest BCUT2D eigenvalue weighted by molar-refractivity contribution is 5.14. The van der Waals surface area contributed by atoms with E-state index in [-0.39, 0.29) is 0 Å². The summed E-state index contributed by atoms with van der Waals surface area (Å²) in [6, 6.07) is 10.1. The number of hydrazine groups is 1. The highest BCUT2D eigenvalue weighted by Gasteiger charge is 2.20. The quantitative estimate of drug-likeness (QED) is 0.385. The first-order chi connectivity index (χ1) is 8.50. The molecular weight excluding hydrogens is 226 g/mol. The average molecular weight is 251 g/mol. The summed E-state index contributed by atoms with van der Waals surface area (Å²) in [6.07, 6.45) is 0.326. The van der Waals surface area contributed by atoms with Gasteiger partial charge in [0.15, 0.2) is 0 Å². The Morgan fingerprint density at radius 1 is 1.22 bits per heavy atom. The van der Waals surface area contributed by atoms with Crippen LogP contribution in [0.15, 0.2) is 30.3 Å². The van der Waals surface area contributed by atoms with E-state index >= 15 is 0 Å². The van der Waals surface area contributed by atoms with Crippen LogP contribution in [0.4, 0.5) is 0 Å². The van der Waals surface area contributed by atoms with Crippen LogP contribution >= 0.6 is 0 Å². The van der Waals surface area contributed by atoms with E-state index in [1.165, 1.54) is 10.6 Å². The Morgan fingerprint density at radius 2 is 1.83 bits per heavy atom. The summed E-state index contributed by atoms with van der Waals surface area (Å²) in [5, 5.41) is 11.5. The van der Waals surface area contributed by atoms with Gasteiger partial charge in [0, 0.05) is 6.54 Å². The molecule has 0 bridgehead atoms. The summed E-state index contributed by atoms with van der Waals surface area (Å²) < 4.78 is 0. The van der Waals surface area contributed by atoms with Gasteiger partial charge in [0.05, 0.1) is 12.3 Å². The highest BCUT2D eigenvalue weighted by Crippen LogP contribution is 2.08. The SMILES string of the molecule is CC(C)CN(N)[C@H](N)[C@@H](O)CCc1ccccc1. The lowest BCUT2D eigenvalue weighted by Crippen LogP contribution is -2.54. The van der Waals surface area contributed by atoms with Crippen LogP contribution in [0.25, 0.3) is 0 Å². The predicted octanol–water partition coefficient (Wildman–Crippen LogP) is 1.10. The molecule has 0 saturated carbocycles. The molecule has 0 aromatic heterocycles. The fourth-order valence-corrected chi connectivity index (χ4v) is 1.89. The molecule has 0 aliphatic rings. The lowest BCUT2D eigenvalue weighted by Gasteiger charge is -2.29. The van der Waals surface area contributed by atoms with Gasteiger partial charge in [0.1, 0.15) is 0 Å². The van der Waals surface area contributed by atoms with Crippen LogP contribution in [0, 0.1) is 5.92 Å². The minimum Gasteiger partial charge on any atom is -0.390 e. The number of rotatable bonds is 7. The van der Waals surface area contributed by atoms with Crippen molar-refractivity contribution in [3.05, 3.63) is 35.9 Å². The van der Waals surface area contributed by atoms with Crippen LogP contribution in [0.1, 0.15) is 25.8 Å². The van der Waals surface area contributed by atoms with Crippen molar-refractivity contribution in [3.63, 3.8) is 0 Å². The molecule has 4 heteroatoms. The van der Waals surface area contributed by atoms with E-state index in [9.17, 15) is 5.11 Å². The normalized spacial score (nSPS) is 15.1. The summed E-state index contributed by atoms with van der Waals surface area (Å²) in [5.74, 6) is 6.27. The zero-order valence-corrected chi connectivity index (χ0v) is 11.3. The number of aliphatic hydroxyl groups is 1. The predicted molar refractivity (Wildman–Crippen MR) is 74.5 cm³/mol. The van der Waals surface area contributed by atoms with E-state index in [1.54, 1.807) is 0 Å². The maximum Gasteiger partial charge on any atom is 0.0968 e. The second-order valence-corrected chi connectivity index (χ2v) is 5.17. The third-order valence-corrected chi connectivity index (χ3v) is 2.92. The van der Waals surface area contributed by atoms with Crippen molar-refractivity contribution < 1.29 is 5.11 Å². The van der Waals surface area contributed by atoms with E-state index < -0.39 is 12.3 Å². The van der Waals surface area contributed by atoms with E-state index in [4.69, 9.17) is 11.6 Å². The highest BCUT2D eigenvalue weighted by atomic mass is 16.3. The Labute approximate surface area is 110 Å². The van der Waals surface area contributed by atoms with Gasteiger partial charge in [-0.2, -0.15) is 0 Å².